The number of ether oxygens (including phenoxy) is 2. The molecule has 1 aromatic carbocycles. The lowest BCUT2D eigenvalue weighted by Gasteiger charge is -2.22. The highest BCUT2D eigenvalue weighted by Crippen LogP contribution is 2.23. The van der Waals surface area contributed by atoms with Gasteiger partial charge in [0, 0.05) is 25.7 Å². The van der Waals surface area contributed by atoms with E-state index in [2.05, 4.69) is 25.5 Å². The van der Waals surface area contributed by atoms with Gasteiger partial charge >= 0.3 is 0 Å². The number of nitrogens with zero attached hydrogens (tertiary/aromatic N) is 8. The Kier molecular flexibility index (Phi) is 5.55. The van der Waals surface area contributed by atoms with E-state index in [0.29, 0.717) is 18.1 Å². The Morgan fingerprint density at radius 2 is 2.00 bits per heavy atom. The highest BCUT2D eigenvalue weighted by Gasteiger charge is 2.19. The molecule has 1 aliphatic heterocycles. The molecule has 11 heteroatoms. The zero-order valence-corrected chi connectivity index (χ0v) is 18.1. The predicted molar refractivity (Wildman–Crippen MR) is 121 cm³/mol. The summed E-state index contributed by atoms with van der Waals surface area (Å²) >= 11 is 0. The topological polar surface area (TPSA) is 116 Å². The lowest BCUT2D eigenvalue weighted by molar-refractivity contribution is 0.181. The second kappa shape index (κ2) is 8.81. The first-order chi connectivity index (χ1) is 16.1. The van der Waals surface area contributed by atoms with Crippen molar-refractivity contribution in [1.29, 1.82) is 0 Å². The van der Waals surface area contributed by atoms with E-state index >= 15 is 0 Å². The molecule has 4 heterocycles. The number of rotatable bonds is 7. The lowest BCUT2D eigenvalue weighted by atomic mass is 10.2. The summed E-state index contributed by atoms with van der Waals surface area (Å²) in [6, 6.07) is 7.57. The lowest BCUT2D eigenvalue weighted by Crippen LogP contribution is -2.31. The van der Waals surface area contributed by atoms with Crippen molar-refractivity contribution in [2.75, 3.05) is 18.7 Å². The van der Waals surface area contributed by atoms with E-state index in [0.717, 1.165) is 28.0 Å². The van der Waals surface area contributed by atoms with Crippen molar-refractivity contribution in [2.24, 2.45) is 12.1 Å². The van der Waals surface area contributed by atoms with Crippen LogP contribution < -0.4 is 9.75 Å². The standard InChI is InChI=1S/C22H22N8O3/c1-28-12-18(10-24-28)29-6-5-22(31)21(26-29)14-33-19-3-4-20-15(8-19)7-17(9-23-20)30-11-16(13-32-2)25-27-30/h3-12,22,31H,13-14H2,1-2H3. The molecule has 3 aromatic heterocycles. The van der Waals surface area contributed by atoms with E-state index in [1.165, 1.54) is 0 Å². The molecule has 0 spiro atoms. The summed E-state index contributed by atoms with van der Waals surface area (Å²) in [5.74, 6) is 0.637. The second-order valence-corrected chi connectivity index (χ2v) is 7.52. The molecule has 0 aliphatic carbocycles. The monoisotopic (exact) mass is 446 g/mol. The van der Waals surface area contributed by atoms with Crippen molar-refractivity contribution in [2.45, 2.75) is 12.7 Å². The second-order valence-electron chi connectivity index (χ2n) is 7.52. The fourth-order valence-electron chi connectivity index (χ4n) is 3.40. The van der Waals surface area contributed by atoms with Crippen LogP contribution in [0.5, 0.6) is 5.75 Å². The number of aryl methyl sites for hydroxylation is 1. The average molecular weight is 446 g/mol. The van der Waals surface area contributed by atoms with Crippen LogP contribution in [-0.4, -0.2) is 60.4 Å². The highest BCUT2D eigenvalue weighted by atomic mass is 16.5. The van der Waals surface area contributed by atoms with E-state index < -0.39 is 6.10 Å². The number of benzene rings is 1. The number of anilines is 1. The van der Waals surface area contributed by atoms with Gasteiger partial charge in [-0.15, -0.1) is 5.10 Å². The van der Waals surface area contributed by atoms with Crippen molar-refractivity contribution >= 4 is 22.3 Å². The molecule has 0 amide bonds. The third kappa shape index (κ3) is 4.45. The zero-order valence-electron chi connectivity index (χ0n) is 18.1. The third-order valence-electron chi connectivity index (χ3n) is 5.07. The number of methoxy groups -OCH3 is 1. The Labute approximate surface area is 189 Å². The van der Waals surface area contributed by atoms with Crippen LogP contribution in [-0.2, 0) is 18.4 Å². The molecule has 0 fully saturated rings. The molecular formula is C22H22N8O3. The first-order valence-corrected chi connectivity index (χ1v) is 10.2. The molecule has 4 aromatic rings. The van der Waals surface area contributed by atoms with E-state index in [9.17, 15) is 5.11 Å². The van der Waals surface area contributed by atoms with Crippen molar-refractivity contribution in [3.63, 3.8) is 0 Å². The molecule has 1 atom stereocenters. The third-order valence-corrected chi connectivity index (χ3v) is 5.07. The summed E-state index contributed by atoms with van der Waals surface area (Å²) in [6.45, 7) is 0.520. The fraction of sp³-hybridized carbons (Fsp3) is 0.227. The summed E-state index contributed by atoms with van der Waals surface area (Å²) in [5, 5.41) is 29.7. The number of hydrazone groups is 1. The van der Waals surface area contributed by atoms with Crippen molar-refractivity contribution in [3.8, 4) is 11.4 Å². The van der Waals surface area contributed by atoms with Gasteiger partial charge in [-0.2, -0.15) is 10.2 Å². The maximum atomic E-state index is 10.3. The minimum atomic E-state index is -0.819. The van der Waals surface area contributed by atoms with Gasteiger partial charge in [0.15, 0.2) is 0 Å². The Hall–Kier alpha value is -4.09. The number of pyridine rings is 1. The Morgan fingerprint density at radius 3 is 2.82 bits per heavy atom. The summed E-state index contributed by atoms with van der Waals surface area (Å²) in [7, 11) is 3.45. The van der Waals surface area contributed by atoms with Crippen LogP contribution in [0.4, 0.5) is 5.69 Å². The summed E-state index contributed by atoms with van der Waals surface area (Å²) < 4.78 is 14.4. The molecule has 1 unspecified atom stereocenters. The van der Waals surface area contributed by atoms with Crippen molar-refractivity contribution in [3.05, 3.63) is 67.0 Å². The molecule has 0 radical (unpaired) electrons. The van der Waals surface area contributed by atoms with Crippen LogP contribution in [0, 0.1) is 0 Å². The van der Waals surface area contributed by atoms with Gasteiger partial charge in [-0.25, -0.2) is 9.69 Å². The number of hydrogen-bond donors (Lipinski definition) is 1. The minimum Gasteiger partial charge on any atom is -0.487 e. The Bertz CT molecular complexity index is 1340. The van der Waals surface area contributed by atoms with Gasteiger partial charge in [-0.3, -0.25) is 9.67 Å². The first-order valence-electron chi connectivity index (χ1n) is 10.2. The number of hydrogen-bond acceptors (Lipinski definition) is 9. The largest absolute Gasteiger partial charge is 0.487 e. The quantitative estimate of drug-likeness (QED) is 0.457. The molecular weight excluding hydrogens is 424 g/mol. The predicted octanol–water partition coefficient (Wildman–Crippen LogP) is 1.82. The normalized spacial score (nSPS) is 15.8. The Balaban J connectivity index is 1.33. The molecule has 1 N–H and O–H groups in total. The zero-order chi connectivity index (χ0) is 22.8. The molecule has 168 valence electrons. The van der Waals surface area contributed by atoms with Gasteiger partial charge < -0.3 is 14.6 Å². The van der Waals surface area contributed by atoms with E-state index in [4.69, 9.17) is 9.47 Å². The first kappa shape index (κ1) is 20.8. The molecule has 0 saturated carbocycles. The van der Waals surface area contributed by atoms with E-state index in [1.807, 2.05) is 37.5 Å². The molecule has 0 saturated heterocycles. The molecule has 5 rings (SSSR count). The van der Waals surface area contributed by atoms with Crippen LogP contribution in [0.3, 0.4) is 0 Å². The minimum absolute atomic E-state index is 0.129. The number of aliphatic hydroxyl groups is 1. The molecule has 33 heavy (non-hydrogen) atoms. The fourth-order valence-corrected chi connectivity index (χ4v) is 3.40. The molecule has 0 bridgehead atoms. The van der Waals surface area contributed by atoms with Crippen LogP contribution in [0.25, 0.3) is 16.6 Å². The van der Waals surface area contributed by atoms with E-state index in [-0.39, 0.29) is 6.61 Å². The summed E-state index contributed by atoms with van der Waals surface area (Å²) in [4.78, 5) is 4.50. The van der Waals surface area contributed by atoms with Gasteiger partial charge in [0.1, 0.15) is 35.6 Å². The van der Waals surface area contributed by atoms with Crippen LogP contribution in [0.2, 0.25) is 0 Å². The molecule has 1 aliphatic rings. The van der Waals surface area contributed by atoms with E-state index in [1.54, 1.807) is 52.3 Å². The maximum Gasteiger partial charge on any atom is 0.131 e. The van der Waals surface area contributed by atoms with Gasteiger partial charge in [0.2, 0.25) is 0 Å². The average Bonchev–Trinajstić information content (AvgIpc) is 3.47. The summed E-state index contributed by atoms with van der Waals surface area (Å²) in [5.41, 5.74) is 3.62. The van der Waals surface area contributed by atoms with Crippen molar-refractivity contribution < 1.29 is 14.6 Å². The van der Waals surface area contributed by atoms with Gasteiger partial charge in [-0.1, -0.05) is 5.21 Å². The number of aliphatic hydroxyl groups excluding tert-OH is 1. The van der Waals surface area contributed by atoms with Gasteiger partial charge in [0.05, 0.1) is 42.6 Å². The summed E-state index contributed by atoms with van der Waals surface area (Å²) in [6.07, 6.45) is 9.62. The van der Waals surface area contributed by atoms with Crippen LogP contribution in [0.15, 0.2) is 66.4 Å². The van der Waals surface area contributed by atoms with Crippen LogP contribution >= 0.6 is 0 Å². The smallest absolute Gasteiger partial charge is 0.131 e. The highest BCUT2D eigenvalue weighted by molar-refractivity contribution is 5.93. The SMILES string of the molecule is COCc1cn(-c2cnc3ccc(OCC4=NN(c5cnn(C)c5)C=CC4O)cc3c2)nn1. The van der Waals surface area contributed by atoms with Gasteiger partial charge in [0.25, 0.3) is 0 Å². The number of fused-ring (bicyclic) bond motifs is 1. The maximum absolute atomic E-state index is 10.3. The molecule has 11 nitrogen and oxygen atoms in total. The van der Waals surface area contributed by atoms with Crippen LogP contribution in [0.1, 0.15) is 5.69 Å². The van der Waals surface area contributed by atoms with Gasteiger partial charge in [-0.05, 0) is 30.3 Å². The van der Waals surface area contributed by atoms with Crippen molar-refractivity contribution in [1.82, 2.24) is 29.8 Å². The Morgan fingerprint density at radius 1 is 1.09 bits per heavy atom. The number of aromatic nitrogens is 6.